The number of nitrogens with one attached hydrogen (secondary N) is 2. The predicted molar refractivity (Wildman–Crippen MR) is 120 cm³/mol. The van der Waals surface area contributed by atoms with E-state index in [1.54, 1.807) is 19.1 Å². The third kappa shape index (κ3) is 4.71. The smallest absolute Gasteiger partial charge is 0.313 e. The maximum absolute atomic E-state index is 13.7. The normalized spacial score (nSPS) is 16.8. The Kier molecular flexibility index (Phi) is 6.23. The van der Waals surface area contributed by atoms with Crippen molar-refractivity contribution < 1.29 is 14.0 Å². The number of carbonyl (C=O) groups is 2. The van der Waals surface area contributed by atoms with Crippen LogP contribution < -0.4 is 15.5 Å². The number of carbonyl (C=O) groups excluding carboxylic acids is 2. The third-order valence-electron chi connectivity index (χ3n) is 6.29. The molecule has 0 radical (unpaired) electrons. The van der Waals surface area contributed by atoms with Crippen LogP contribution in [0.3, 0.4) is 0 Å². The first-order valence-corrected chi connectivity index (χ1v) is 10.9. The molecule has 2 N–H and O–H groups in total. The highest BCUT2D eigenvalue weighted by Gasteiger charge is 2.27. The molecule has 0 aromatic heterocycles. The number of nitrogens with zero attached hydrogens (tertiary/aromatic N) is 2. The Labute approximate surface area is 182 Å². The predicted octanol–water partition coefficient (Wildman–Crippen LogP) is 3.02. The Hall–Kier alpha value is -2.93. The molecule has 0 aliphatic carbocycles. The molecule has 2 aromatic carbocycles. The molecule has 2 aliphatic rings. The molecule has 0 saturated carbocycles. The molecular formula is C24H29FN4O2. The number of rotatable bonds is 5. The van der Waals surface area contributed by atoms with E-state index in [-0.39, 0.29) is 11.7 Å². The molecule has 0 bridgehead atoms. The molecule has 1 atom stereocenters. The maximum atomic E-state index is 13.7. The van der Waals surface area contributed by atoms with E-state index in [0.717, 1.165) is 44.5 Å². The van der Waals surface area contributed by atoms with E-state index in [1.165, 1.54) is 17.3 Å². The lowest BCUT2D eigenvalue weighted by molar-refractivity contribution is -0.136. The van der Waals surface area contributed by atoms with Crippen LogP contribution in [0.25, 0.3) is 0 Å². The van der Waals surface area contributed by atoms with Gasteiger partial charge in [0, 0.05) is 31.5 Å². The van der Waals surface area contributed by atoms with Crippen LogP contribution in [0.1, 0.15) is 35.6 Å². The topological polar surface area (TPSA) is 64.7 Å². The molecule has 1 saturated heterocycles. The van der Waals surface area contributed by atoms with E-state index >= 15 is 0 Å². The molecule has 2 heterocycles. The number of likely N-dealkylation sites (tertiary alicyclic amines) is 1. The number of anilines is 2. The van der Waals surface area contributed by atoms with Gasteiger partial charge in [-0.2, -0.15) is 0 Å². The van der Waals surface area contributed by atoms with Gasteiger partial charge in [0.25, 0.3) is 0 Å². The molecule has 164 valence electrons. The number of hydrogen-bond donors (Lipinski definition) is 2. The molecule has 1 fully saturated rings. The lowest BCUT2D eigenvalue weighted by atomic mass is 10.0. The Morgan fingerprint density at radius 2 is 1.84 bits per heavy atom. The van der Waals surface area contributed by atoms with Crippen molar-refractivity contribution in [2.45, 2.75) is 32.2 Å². The van der Waals surface area contributed by atoms with E-state index < -0.39 is 17.6 Å². The summed E-state index contributed by atoms with van der Waals surface area (Å²) in [7, 11) is 2.10. The van der Waals surface area contributed by atoms with Gasteiger partial charge in [0.2, 0.25) is 0 Å². The lowest BCUT2D eigenvalue weighted by Crippen LogP contribution is -2.41. The van der Waals surface area contributed by atoms with Gasteiger partial charge < -0.3 is 15.5 Å². The zero-order valence-electron chi connectivity index (χ0n) is 18.1. The van der Waals surface area contributed by atoms with Gasteiger partial charge in [-0.15, -0.1) is 0 Å². The van der Waals surface area contributed by atoms with Gasteiger partial charge in [0.15, 0.2) is 0 Å². The molecule has 2 aliphatic heterocycles. The fraction of sp³-hybridized carbons (Fsp3) is 0.417. The number of aryl methyl sites for hydroxylation is 1. The van der Waals surface area contributed by atoms with Crippen molar-refractivity contribution in [3.8, 4) is 0 Å². The Morgan fingerprint density at radius 1 is 1.06 bits per heavy atom. The van der Waals surface area contributed by atoms with E-state index in [9.17, 15) is 14.0 Å². The van der Waals surface area contributed by atoms with Crippen molar-refractivity contribution in [2.75, 3.05) is 43.4 Å². The zero-order valence-corrected chi connectivity index (χ0v) is 18.1. The van der Waals surface area contributed by atoms with E-state index in [4.69, 9.17) is 0 Å². The van der Waals surface area contributed by atoms with Crippen molar-refractivity contribution in [3.63, 3.8) is 0 Å². The van der Waals surface area contributed by atoms with Crippen LogP contribution >= 0.6 is 0 Å². The van der Waals surface area contributed by atoms with Crippen molar-refractivity contribution in [3.05, 3.63) is 58.9 Å². The Bertz CT molecular complexity index is 988. The van der Waals surface area contributed by atoms with Gasteiger partial charge in [-0.05, 0) is 74.2 Å². The van der Waals surface area contributed by atoms with Crippen molar-refractivity contribution in [1.29, 1.82) is 0 Å². The summed E-state index contributed by atoms with van der Waals surface area (Å²) in [4.78, 5) is 29.4. The summed E-state index contributed by atoms with van der Waals surface area (Å²) in [5, 5.41) is 5.26. The number of hydrogen-bond acceptors (Lipinski definition) is 4. The van der Waals surface area contributed by atoms with Crippen LogP contribution in [0.2, 0.25) is 0 Å². The van der Waals surface area contributed by atoms with E-state index in [1.807, 2.05) is 0 Å². The molecule has 0 spiro atoms. The third-order valence-corrected chi connectivity index (χ3v) is 6.29. The highest BCUT2D eigenvalue weighted by atomic mass is 19.1. The molecule has 6 nitrogen and oxygen atoms in total. The van der Waals surface area contributed by atoms with Gasteiger partial charge in [0.05, 0.1) is 6.04 Å². The highest BCUT2D eigenvalue weighted by molar-refractivity contribution is 6.39. The first kappa shape index (κ1) is 21.3. The molecule has 2 amide bonds. The van der Waals surface area contributed by atoms with E-state index in [2.05, 4.69) is 45.7 Å². The average Bonchev–Trinajstić information content (AvgIpc) is 3.41. The first-order valence-electron chi connectivity index (χ1n) is 10.9. The maximum Gasteiger partial charge on any atom is 0.313 e. The SMILES string of the molecule is Cc1ccc(NC(=O)C(=O)NC[C@@H](c2ccc3c(c2)CCN3C)N2CCCC2)cc1F. The van der Waals surface area contributed by atoms with Crippen LogP contribution in [-0.2, 0) is 16.0 Å². The summed E-state index contributed by atoms with van der Waals surface area (Å²) in [5.41, 5.74) is 4.50. The Balaban J connectivity index is 1.43. The number of benzene rings is 2. The zero-order chi connectivity index (χ0) is 22.0. The fourth-order valence-electron chi connectivity index (χ4n) is 4.43. The lowest BCUT2D eigenvalue weighted by Gasteiger charge is -2.28. The largest absolute Gasteiger partial charge is 0.374 e. The fourth-order valence-corrected chi connectivity index (χ4v) is 4.43. The summed E-state index contributed by atoms with van der Waals surface area (Å²) in [6, 6.07) is 10.9. The minimum absolute atomic E-state index is 0.0206. The van der Waals surface area contributed by atoms with Crippen molar-refractivity contribution in [1.82, 2.24) is 10.2 Å². The van der Waals surface area contributed by atoms with Gasteiger partial charge >= 0.3 is 11.8 Å². The number of likely N-dealkylation sites (N-methyl/N-ethyl adjacent to an activating group) is 1. The summed E-state index contributed by atoms with van der Waals surface area (Å²) < 4.78 is 13.7. The van der Waals surface area contributed by atoms with Crippen LogP contribution in [-0.4, -0.2) is 49.9 Å². The van der Waals surface area contributed by atoms with Gasteiger partial charge in [-0.1, -0.05) is 18.2 Å². The molecule has 0 unspecified atom stereocenters. The van der Waals surface area contributed by atoms with Gasteiger partial charge in [0.1, 0.15) is 5.82 Å². The van der Waals surface area contributed by atoms with E-state index in [0.29, 0.717) is 12.1 Å². The first-order chi connectivity index (χ1) is 14.9. The van der Waals surface area contributed by atoms with Crippen LogP contribution in [0, 0.1) is 12.7 Å². The molecule has 31 heavy (non-hydrogen) atoms. The number of fused-ring (bicyclic) bond motifs is 1. The molecule has 2 aromatic rings. The molecule has 4 rings (SSSR count). The molecule has 7 heteroatoms. The summed E-state index contributed by atoms with van der Waals surface area (Å²) >= 11 is 0. The van der Waals surface area contributed by atoms with Crippen LogP contribution in [0.4, 0.5) is 15.8 Å². The summed E-state index contributed by atoms with van der Waals surface area (Å²) in [6.45, 7) is 4.97. The second kappa shape index (κ2) is 9.06. The monoisotopic (exact) mass is 424 g/mol. The standard InChI is InChI=1S/C24H29FN4O2/c1-16-5-7-19(14-20(16)25)27-24(31)23(30)26-15-22(29-10-3-4-11-29)17-6-8-21-18(13-17)9-12-28(21)2/h5-8,13-14,22H,3-4,9-12,15H2,1-2H3,(H,26,30)(H,27,31)/t22-/m0/s1. The highest BCUT2D eigenvalue weighted by Crippen LogP contribution is 2.32. The minimum Gasteiger partial charge on any atom is -0.374 e. The Morgan fingerprint density at radius 3 is 2.58 bits per heavy atom. The minimum atomic E-state index is -0.793. The van der Waals surface area contributed by atoms with Crippen LogP contribution in [0.5, 0.6) is 0 Å². The van der Waals surface area contributed by atoms with Crippen molar-refractivity contribution in [2.24, 2.45) is 0 Å². The van der Waals surface area contributed by atoms with Gasteiger partial charge in [-0.3, -0.25) is 14.5 Å². The summed E-state index contributed by atoms with van der Waals surface area (Å²) in [5.74, 6) is -1.93. The summed E-state index contributed by atoms with van der Waals surface area (Å²) in [6.07, 6.45) is 3.30. The number of halogens is 1. The second-order valence-electron chi connectivity index (χ2n) is 8.45. The van der Waals surface area contributed by atoms with Crippen molar-refractivity contribution >= 4 is 23.2 Å². The quantitative estimate of drug-likeness (QED) is 0.725. The van der Waals surface area contributed by atoms with Gasteiger partial charge in [-0.25, -0.2) is 4.39 Å². The number of amides is 2. The average molecular weight is 425 g/mol. The second-order valence-corrected chi connectivity index (χ2v) is 8.45. The van der Waals surface area contributed by atoms with Crippen LogP contribution in [0.15, 0.2) is 36.4 Å². The molecular weight excluding hydrogens is 395 g/mol.